The van der Waals surface area contributed by atoms with Crippen LogP contribution in [0.5, 0.6) is 5.75 Å². The molecule has 0 bridgehead atoms. The molecule has 0 aliphatic carbocycles. The molecule has 128 valence electrons. The first-order valence-corrected chi connectivity index (χ1v) is 7.18. The van der Waals surface area contributed by atoms with E-state index >= 15 is 0 Å². The van der Waals surface area contributed by atoms with Crippen LogP contribution in [0.25, 0.3) is 0 Å². The summed E-state index contributed by atoms with van der Waals surface area (Å²) < 4.78 is 43.2. The van der Waals surface area contributed by atoms with E-state index in [1.165, 1.54) is 12.1 Å². The van der Waals surface area contributed by atoms with E-state index in [9.17, 15) is 18.0 Å². The lowest BCUT2D eigenvalue weighted by molar-refractivity contribution is -0.137. The maximum Gasteiger partial charge on any atom is 0.416 e. The molecule has 0 aromatic heterocycles. The number of benzene rings is 2. The number of alkyl halides is 3. The van der Waals surface area contributed by atoms with Crippen molar-refractivity contribution in [2.24, 2.45) is 0 Å². The Morgan fingerprint density at radius 3 is 2.50 bits per heavy atom. The number of carbonyl (C=O) groups excluding carboxylic acids is 1. The van der Waals surface area contributed by atoms with Crippen molar-refractivity contribution in [2.75, 3.05) is 12.0 Å². The average molecular weight is 338 g/mol. The fourth-order valence-corrected chi connectivity index (χ4v) is 1.94. The fraction of sp³-hybridized carbons (Fsp3) is 0.235. The van der Waals surface area contributed by atoms with Crippen LogP contribution in [0.15, 0.2) is 42.5 Å². The predicted molar refractivity (Wildman–Crippen MR) is 85.0 cm³/mol. The quantitative estimate of drug-likeness (QED) is 0.808. The summed E-state index contributed by atoms with van der Waals surface area (Å²) in [4.78, 5) is 11.7. The Kier molecular flexibility index (Phi) is 5.33. The highest BCUT2D eigenvalue weighted by Gasteiger charge is 2.30. The second-order valence-electron chi connectivity index (χ2n) is 5.24. The lowest BCUT2D eigenvalue weighted by Gasteiger charge is -2.12. The van der Waals surface area contributed by atoms with Crippen molar-refractivity contribution in [1.29, 1.82) is 0 Å². The summed E-state index contributed by atoms with van der Waals surface area (Å²) in [5.41, 5.74) is 1.40. The van der Waals surface area contributed by atoms with Crippen LogP contribution in [0.3, 0.4) is 0 Å². The lowest BCUT2D eigenvalue weighted by atomic mass is 10.1. The summed E-state index contributed by atoms with van der Waals surface area (Å²) in [5, 5.41) is 4.75. The smallest absolute Gasteiger partial charge is 0.416 e. The summed E-state index contributed by atoms with van der Waals surface area (Å²) >= 11 is 0. The van der Waals surface area contributed by atoms with Gasteiger partial charge in [0.15, 0.2) is 6.73 Å². The molecule has 0 atom stereocenters. The number of hydrogen-bond donors (Lipinski definition) is 2. The maximum absolute atomic E-state index is 12.6. The highest BCUT2D eigenvalue weighted by molar-refractivity contribution is 5.89. The largest absolute Gasteiger partial charge is 0.473 e. The van der Waals surface area contributed by atoms with Crippen LogP contribution in [0.1, 0.15) is 16.7 Å². The number of halogens is 3. The molecule has 0 saturated carbocycles. The maximum atomic E-state index is 12.6. The monoisotopic (exact) mass is 338 g/mol. The first-order valence-electron chi connectivity index (χ1n) is 7.18. The van der Waals surface area contributed by atoms with Gasteiger partial charge in [-0.05, 0) is 55.3 Å². The van der Waals surface area contributed by atoms with Crippen molar-refractivity contribution in [3.8, 4) is 5.75 Å². The number of anilines is 1. The minimum absolute atomic E-state index is 0.0495. The Hall–Kier alpha value is -2.70. The molecule has 0 radical (unpaired) electrons. The van der Waals surface area contributed by atoms with Crippen molar-refractivity contribution in [3.63, 3.8) is 0 Å². The van der Waals surface area contributed by atoms with Gasteiger partial charge in [0.2, 0.25) is 0 Å². The first-order chi connectivity index (χ1) is 11.3. The SMILES string of the molecule is Cc1ccc(OCNC(=O)Nc2cccc(C(F)(F)F)c2)cc1C. The first kappa shape index (κ1) is 17.7. The van der Waals surface area contributed by atoms with E-state index in [0.29, 0.717) is 5.75 Å². The minimum atomic E-state index is -4.46. The van der Waals surface area contributed by atoms with Crippen LogP contribution >= 0.6 is 0 Å². The van der Waals surface area contributed by atoms with E-state index < -0.39 is 17.8 Å². The average Bonchev–Trinajstić information content (AvgIpc) is 2.50. The second-order valence-corrected chi connectivity index (χ2v) is 5.24. The van der Waals surface area contributed by atoms with Crippen molar-refractivity contribution < 1.29 is 22.7 Å². The Bertz CT molecular complexity index is 730. The van der Waals surface area contributed by atoms with Crippen molar-refractivity contribution >= 4 is 11.7 Å². The molecule has 0 aliphatic rings. The molecule has 2 aromatic carbocycles. The number of carbonyl (C=O) groups is 1. The molecule has 2 aromatic rings. The molecule has 0 fully saturated rings. The van der Waals surface area contributed by atoms with E-state index in [2.05, 4.69) is 10.6 Å². The van der Waals surface area contributed by atoms with Gasteiger partial charge in [-0.25, -0.2) is 4.79 Å². The number of nitrogens with one attached hydrogen (secondary N) is 2. The third-order valence-electron chi connectivity index (χ3n) is 3.40. The molecular formula is C17H17F3N2O2. The van der Waals surface area contributed by atoms with Crippen molar-refractivity contribution in [3.05, 3.63) is 59.2 Å². The topological polar surface area (TPSA) is 50.4 Å². The summed E-state index contributed by atoms with van der Waals surface area (Å²) in [6.45, 7) is 3.81. The highest BCUT2D eigenvalue weighted by atomic mass is 19.4. The Labute approximate surface area is 137 Å². The normalized spacial score (nSPS) is 11.0. The summed E-state index contributed by atoms with van der Waals surface area (Å²) in [7, 11) is 0. The molecular weight excluding hydrogens is 321 g/mol. The van der Waals surface area contributed by atoms with Gasteiger partial charge in [-0.1, -0.05) is 12.1 Å². The van der Waals surface area contributed by atoms with Crippen LogP contribution in [0, 0.1) is 13.8 Å². The second kappa shape index (κ2) is 7.25. The van der Waals surface area contributed by atoms with E-state index in [0.717, 1.165) is 23.3 Å². The zero-order valence-electron chi connectivity index (χ0n) is 13.2. The van der Waals surface area contributed by atoms with E-state index in [4.69, 9.17) is 4.74 Å². The van der Waals surface area contributed by atoms with Gasteiger partial charge < -0.3 is 15.4 Å². The van der Waals surface area contributed by atoms with E-state index in [1.54, 1.807) is 6.07 Å². The van der Waals surface area contributed by atoms with Gasteiger partial charge >= 0.3 is 12.2 Å². The van der Waals surface area contributed by atoms with Crippen molar-refractivity contribution in [2.45, 2.75) is 20.0 Å². The van der Waals surface area contributed by atoms with Crippen molar-refractivity contribution in [1.82, 2.24) is 5.32 Å². The molecule has 2 rings (SSSR count). The lowest BCUT2D eigenvalue weighted by Crippen LogP contribution is -2.32. The molecule has 0 unspecified atom stereocenters. The van der Waals surface area contributed by atoms with Gasteiger partial charge in [0, 0.05) is 5.69 Å². The van der Waals surface area contributed by atoms with Gasteiger partial charge in [0.05, 0.1) is 5.56 Å². The van der Waals surface area contributed by atoms with Crippen LogP contribution in [-0.2, 0) is 6.18 Å². The fourth-order valence-electron chi connectivity index (χ4n) is 1.94. The predicted octanol–water partition coefficient (Wildman–Crippen LogP) is 4.48. The number of ether oxygens (including phenoxy) is 1. The van der Waals surface area contributed by atoms with Gasteiger partial charge in [-0.2, -0.15) is 13.2 Å². The standard InChI is InChI=1S/C17H17F3N2O2/c1-11-6-7-15(8-12(11)2)24-10-21-16(23)22-14-5-3-4-13(9-14)17(18,19)20/h3-9H,10H2,1-2H3,(H2,21,22,23). The summed E-state index contributed by atoms with van der Waals surface area (Å²) in [5.74, 6) is 0.595. The third kappa shape index (κ3) is 4.91. The highest BCUT2D eigenvalue weighted by Crippen LogP contribution is 2.30. The molecule has 2 N–H and O–H groups in total. The Morgan fingerprint density at radius 1 is 1.08 bits per heavy atom. The zero-order chi connectivity index (χ0) is 17.7. The Balaban J connectivity index is 1.86. The minimum Gasteiger partial charge on any atom is -0.473 e. The summed E-state index contributed by atoms with van der Waals surface area (Å²) in [6, 6.07) is 9.25. The van der Waals surface area contributed by atoms with Crippen LogP contribution in [0.4, 0.5) is 23.7 Å². The molecule has 0 aliphatic heterocycles. The number of aryl methyl sites for hydroxylation is 2. The number of rotatable bonds is 4. The van der Waals surface area contributed by atoms with Gasteiger partial charge in [0.1, 0.15) is 5.75 Å². The van der Waals surface area contributed by atoms with Crippen LogP contribution < -0.4 is 15.4 Å². The van der Waals surface area contributed by atoms with Gasteiger partial charge in [0.25, 0.3) is 0 Å². The number of amides is 2. The molecule has 0 spiro atoms. The zero-order valence-corrected chi connectivity index (χ0v) is 13.2. The summed E-state index contributed by atoms with van der Waals surface area (Å²) in [6.07, 6.45) is -4.46. The molecule has 0 saturated heterocycles. The van der Waals surface area contributed by atoms with Crippen LogP contribution in [-0.4, -0.2) is 12.8 Å². The van der Waals surface area contributed by atoms with Crippen LogP contribution in [0.2, 0.25) is 0 Å². The van der Waals surface area contributed by atoms with Gasteiger partial charge in [-0.15, -0.1) is 0 Å². The molecule has 0 heterocycles. The Morgan fingerprint density at radius 2 is 1.83 bits per heavy atom. The molecule has 2 amide bonds. The molecule has 7 heteroatoms. The van der Waals surface area contributed by atoms with Gasteiger partial charge in [-0.3, -0.25) is 0 Å². The molecule has 24 heavy (non-hydrogen) atoms. The third-order valence-corrected chi connectivity index (χ3v) is 3.40. The van der Waals surface area contributed by atoms with E-state index in [-0.39, 0.29) is 12.4 Å². The number of urea groups is 1. The molecule has 4 nitrogen and oxygen atoms in total. The van der Waals surface area contributed by atoms with E-state index in [1.807, 2.05) is 26.0 Å². The number of hydrogen-bond acceptors (Lipinski definition) is 2.